The quantitative estimate of drug-likeness (QED) is 0.835. The number of sulfonamides is 1. The minimum atomic E-state index is -3.63. The summed E-state index contributed by atoms with van der Waals surface area (Å²) in [4.78, 5) is 0.212. The van der Waals surface area contributed by atoms with Gasteiger partial charge in [-0.25, -0.2) is 13.1 Å². The molecule has 0 amide bonds. The highest BCUT2D eigenvalue weighted by atomic mass is 35.5. The molecule has 0 spiro atoms. The summed E-state index contributed by atoms with van der Waals surface area (Å²) in [5.41, 5.74) is 8.44. The van der Waals surface area contributed by atoms with Gasteiger partial charge < -0.3 is 5.73 Å². The third-order valence-corrected chi connectivity index (χ3v) is 4.51. The Morgan fingerprint density at radius 2 is 1.94 bits per heavy atom. The molecule has 1 rings (SSSR count). The van der Waals surface area contributed by atoms with Crippen molar-refractivity contribution >= 4 is 27.3 Å². The summed E-state index contributed by atoms with van der Waals surface area (Å²) in [7, 11) is -3.63. The Bertz CT molecular complexity index is 595. The molecule has 0 saturated heterocycles. The van der Waals surface area contributed by atoms with Crippen LogP contribution in [0, 0.1) is 20.8 Å². The molecule has 0 aliphatic heterocycles. The Balaban J connectivity index is 3.33. The standard InChI is InChI=1S/C12H17ClN2O2S/c1-7-5-8(2)12(10(4)11(7)14)18(16,17)15-6-9(3)13/h5,15H,3,6,14H2,1-2,4H3. The molecule has 0 bridgehead atoms. The van der Waals surface area contributed by atoms with Gasteiger partial charge in [-0.2, -0.15) is 0 Å². The number of aryl methyl sites for hydroxylation is 2. The van der Waals surface area contributed by atoms with Crippen LogP contribution in [0.3, 0.4) is 0 Å². The number of halogens is 1. The smallest absolute Gasteiger partial charge is 0.241 e. The fraction of sp³-hybridized carbons (Fsp3) is 0.333. The summed E-state index contributed by atoms with van der Waals surface area (Å²) in [6.07, 6.45) is 0. The van der Waals surface area contributed by atoms with Crippen molar-refractivity contribution in [2.45, 2.75) is 25.7 Å². The highest BCUT2D eigenvalue weighted by Crippen LogP contribution is 2.27. The number of nitrogen functional groups attached to an aromatic ring is 1. The molecule has 0 aliphatic carbocycles. The van der Waals surface area contributed by atoms with Crippen molar-refractivity contribution in [1.29, 1.82) is 0 Å². The first kappa shape index (κ1) is 15.0. The van der Waals surface area contributed by atoms with Crippen molar-refractivity contribution < 1.29 is 8.42 Å². The summed E-state index contributed by atoms with van der Waals surface area (Å²) in [6, 6.07) is 1.76. The number of rotatable bonds is 4. The van der Waals surface area contributed by atoms with Crippen molar-refractivity contribution in [2.24, 2.45) is 0 Å². The van der Waals surface area contributed by atoms with E-state index in [2.05, 4.69) is 11.3 Å². The Kier molecular flexibility index (Phi) is 4.42. The maximum absolute atomic E-state index is 12.2. The van der Waals surface area contributed by atoms with Crippen LogP contribution in [-0.4, -0.2) is 15.0 Å². The van der Waals surface area contributed by atoms with Gasteiger partial charge >= 0.3 is 0 Å². The van der Waals surface area contributed by atoms with Crippen LogP contribution in [0.25, 0.3) is 0 Å². The average molecular weight is 289 g/mol. The van der Waals surface area contributed by atoms with E-state index in [0.29, 0.717) is 16.8 Å². The van der Waals surface area contributed by atoms with Crippen LogP contribution in [0.1, 0.15) is 16.7 Å². The zero-order valence-corrected chi connectivity index (χ0v) is 12.2. The van der Waals surface area contributed by atoms with Crippen LogP contribution in [-0.2, 0) is 10.0 Å². The SMILES string of the molecule is C=C(Cl)CNS(=O)(=O)c1c(C)cc(C)c(N)c1C. The van der Waals surface area contributed by atoms with Crippen molar-refractivity contribution in [3.05, 3.63) is 34.4 Å². The first-order valence-electron chi connectivity index (χ1n) is 5.36. The second-order valence-electron chi connectivity index (χ2n) is 4.22. The Labute approximate surface area is 113 Å². The second kappa shape index (κ2) is 5.30. The maximum atomic E-state index is 12.2. The zero-order chi connectivity index (χ0) is 14.1. The van der Waals surface area contributed by atoms with E-state index in [1.54, 1.807) is 19.9 Å². The van der Waals surface area contributed by atoms with E-state index in [-0.39, 0.29) is 16.5 Å². The topological polar surface area (TPSA) is 72.2 Å². The molecule has 0 saturated carbocycles. The minimum absolute atomic E-state index is 0.00342. The normalized spacial score (nSPS) is 11.6. The van der Waals surface area contributed by atoms with E-state index in [4.69, 9.17) is 17.3 Å². The fourth-order valence-electron chi connectivity index (χ4n) is 1.84. The van der Waals surface area contributed by atoms with Crippen molar-refractivity contribution in [3.63, 3.8) is 0 Å². The van der Waals surface area contributed by atoms with Crippen LogP contribution in [0.15, 0.2) is 22.6 Å². The first-order chi connectivity index (χ1) is 8.16. The lowest BCUT2D eigenvalue weighted by molar-refractivity contribution is 0.584. The van der Waals surface area contributed by atoms with Crippen LogP contribution < -0.4 is 10.5 Å². The molecule has 0 atom stereocenters. The molecule has 0 unspecified atom stereocenters. The molecule has 1 aromatic carbocycles. The minimum Gasteiger partial charge on any atom is -0.398 e. The Hall–Kier alpha value is -1.04. The molecule has 0 fully saturated rings. The third kappa shape index (κ3) is 3.04. The molecule has 18 heavy (non-hydrogen) atoms. The van der Waals surface area contributed by atoms with E-state index in [0.717, 1.165) is 5.56 Å². The van der Waals surface area contributed by atoms with E-state index in [1.807, 2.05) is 6.92 Å². The third-order valence-electron chi connectivity index (χ3n) is 2.68. The van der Waals surface area contributed by atoms with Crippen LogP contribution in [0.2, 0.25) is 0 Å². The molecule has 0 heterocycles. The molecule has 100 valence electrons. The molecule has 1 aromatic rings. The predicted octanol–water partition coefficient (Wildman–Crippen LogP) is 2.22. The lowest BCUT2D eigenvalue weighted by atomic mass is 10.1. The van der Waals surface area contributed by atoms with Gasteiger partial charge in [0, 0.05) is 17.3 Å². The highest BCUT2D eigenvalue weighted by molar-refractivity contribution is 7.89. The van der Waals surface area contributed by atoms with Crippen molar-refractivity contribution in [2.75, 3.05) is 12.3 Å². The predicted molar refractivity (Wildman–Crippen MR) is 75.2 cm³/mol. The van der Waals surface area contributed by atoms with Crippen LogP contribution in [0.5, 0.6) is 0 Å². The van der Waals surface area contributed by atoms with Gasteiger partial charge in [-0.05, 0) is 37.5 Å². The summed E-state index contributed by atoms with van der Waals surface area (Å²) in [6.45, 7) is 8.72. The van der Waals surface area contributed by atoms with Crippen molar-refractivity contribution in [1.82, 2.24) is 4.72 Å². The molecule has 3 N–H and O–H groups in total. The molecule has 4 nitrogen and oxygen atoms in total. The number of benzene rings is 1. The van der Waals surface area contributed by atoms with E-state index >= 15 is 0 Å². The average Bonchev–Trinajstić information content (AvgIpc) is 2.23. The number of hydrogen-bond donors (Lipinski definition) is 2. The lowest BCUT2D eigenvalue weighted by Crippen LogP contribution is -2.26. The molecule has 0 radical (unpaired) electrons. The van der Waals surface area contributed by atoms with Gasteiger partial charge in [0.25, 0.3) is 0 Å². The molecule has 0 aliphatic rings. The van der Waals surface area contributed by atoms with Gasteiger partial charge in [0.2, 0.25) is 10.0 Å². The largest absolute Gasteiger partial charge is 0.398 e. The summed E-state index contributed by atoms with van der Waals surface area (Å²) in [5, 5.41) is 0.231. The Morgan fingerprint density at radius 1 is 1.39 bits per heavy atom. The van der Waals surface area contributed by atoms with Gasteiger partial charge in [0.15, 0.2) is 0 Å². The van der Waals surface area contributed by atoms with Crippen molar-refractivity contribution in [3.8, 4) is 0 Å². The molecular formula is C12H17ClN2O2S. The summed E-state index contributed by atoms with van der Waals surface area (Å²) < 4.78 is 26.7. The number of nitrogens with one attached hydrogen (secondary N) is 1. The summed E-state index contributed by atoms with van der Waals surface area (Å²) in [5.74, 6) is 0. The zero-order valence-electron chi connectivity index (χ0n) is 10.7. The van der Waals surface area contributed by atoms with Gasteiger partial charge in [-0.1, -0.05) is 24.2 Å². The van der Waals surface area contributed by atoms with Crippen LogP contribution >= 0.6 is 11.6 Å². The highest BCUT2D eigenvalue weighted by Gasteiger charge is 2.21. The molecule has 0 aromatic heterocycles. The lowest BCUT2D eigenvalue weighted by Gasteiger charge is -2.15. The fourth-order valence-corrected chi connectivity index (χ4v) is 3.49. The van der Waals surface area contributed by atoms with E-state index < -0.39 is 10.0 Å². The first-order valence-corrected chi connectivity index (χ1v) is 7.22. The maximum Gasteiger partial charge on any atom is 0.241 e. The van der Waals surface area contributed by atoms with Gasteiger partial charge in [0.1, 0.15) is 0 Å². The molecular weight excluding hydrogens is 272 g/mol. The van der Waals surface area contributed by atoms with E-state index in [1.165, 1.54) is 0 Å². The Morgan fingerprint density at radius 3 is 2.44 bits per heavy atom. The second-order valence-corrected chi connectivity index (χ2v) is 6.46. The van der Waals surface area contributed by atoms with Gasteiger partial charge in [0.05, 0.1) is 4.90 Å². The van der Waals surface area contributed by atoms with Crippen LogP contribution in [0.4, 0.5) is 5.69 Å². The van der Waals surface area contributed by atoms with Gasteiger partial charge in [-0.3, -0.25) is 0 Å². The molecule has 6 heteroatoms. The summed E-state index contributed by atoms with van der Waals surface area (Å²) >= 11 is 5.56. The van der Waals surface area contributed by atoms with E-state index in [9.17, 15) is 8.42 Å². The number of anilines is 1. The number of nitrogens with two attached hydrogens (primary N) is 1. The van der Waals surface area contributed by atoms with Gasteiger partial charge in [-0.15, -0.1) is 0 Å². The number of hydrogen-bond acceptors (Lipinski definition) is 3. The monoisotopic (exact) mass is 288 g/mol.